The van der Waals surface area contributed by atoms with Gasteiger partial charge in [-0.15, -0.1) is 0 Å². The Labute approximate surface area is 89.2 Å². The van der Waals surface area contributed by atoms with E-state index in [9.17, 15) is 4.79 Å². The SMILES string of the molecule is COC1(C(=O)c2cnn(C)c2)CCCC1. The van der Waals surface area contributed by atoms with E-state index >= 15 is 0 Å². The summed E-state index contributed by atoms with van der Waals surface area (Å²) in [6.45, 7) is 0. The molecule has 82 valence electrons. The molecule has 0 aromatic carbocycles. The van der Waals surface area contributed by atoms with Crippen molar-refractivity contribution in [2.24, 2.45) is 7.05 Å². The van der Waals surface area contributed by atoms with Gasteiger partial charge in [-0.1, -0.05) is 0 Å². The molecule has 15 heavy (non-hydrogen) atoms. The van der Waals surface area contributed by atoms with Crippen LogP contribution in [0.25, 0.3) is 0 Å². The Balaban J connectivity index is 2.26. The van der Waals surface area contributed by atoms with E-state index in [-0.39, 0.29) is 5.78 Å². The summed E-state index contributed by atoms with van der Waals surface area (Å²) < 4.78 is 7.08. The number of nitrogens with zero attached hydrogens (tertiary/aromatic N) is 2. The van der Waals surface area contributed by atoms with Gasteiger partial charge in [0.1, 0.15) is 5.60 Å². The van der Waals surface area contributed by atoms with Crippen LogP contribution in [0.2, 0.25) is 0 Å². The Bertz CT molecular complexity index is 364. The molecule has 1 fully saturated rings. The van der Waals surface area contributed by atoms with Crippen LogP contribution >= 0.6 is 0 Å². The fourth-order valence-corrected chi connectivity index (χ4v) is 2.27. The minimum Gasteiger partial charge on any atom is -0.370 e. The van der Waals surface area contributed by atoms with Crippen LogP contribution in [0.15, 0.2) is 12.4 Å². The number of carbonyl (C=O) groups excluding carboxylic acids is 1. The van der Waals surface area contributed by atoms with Crippen LogP contribution in [0.3, 0.4) is 0 Å². The summed E-state index contributed by atoms with van der Waals surface area (Å²) in [5.41, 5.74) is 0.0736. The largest absolute Gasteiger partial charge is 0.370 e. The second-order valence-electron chi connectivity index (χ2n) is 4.14. The first-order valence-corrected chi connectivity index (χ1v) is 5.26. The summed E-state index contributed by atoms with van der Waals surface area (Å²) in [6, 6.07) is 0. The van der Waals surface area contributed by atoms with Crippen LogP contribution in [-0.2, 0) is 11.8 Å². The zero-order valence-corrected chi connectivity index (χ0v) is 9.19. The van der Waals surface area contributed by atoms with Gasteiger partial charge in [0, 0.05) is 20.4 Å². The van der Waals surface area contributed by atoms with Crippen molar-refractivity contribution in [1.29, 1.82) is 0 Å². The molecule has 0 aliphatic heterocycles. The van der Waals surface area contributed by atoms with E-state index in [1.165, 1.54) is 0 Å². The van der Waals surface area contributed by atoms with Crippen LogP contribution in [0.5, 0.6) is 0 Å². The van der Waals surface area contributed by atoms with Crippen molar-refractivity contribution >= 4 is 5.78 Å². The number of aryl methyl sites for hydroxylation is 1. The van der Waals surface area contributed by atoms with Gasteiger partial charge >= 0.3 is 0 Å². The summed E-state index contributed by atoms with van der Waals surface area (Å²) in [7, 11) is 3.44. The monoisotopic (exact) mass is 208 g/mol. The minimum atomic E-state index is -0.580. The predicted octanol–water partition coefficient (Wildman–Crippen LogP) is 1.56. The van der Waals surface area contributed by atoms with Crippen LogP contribution in [-0.4, -0.2) is 28.3 Å². The maximum atomic E-state index is 12.2. The molecule has 0 atom stereocenters. The van der Waals surface area contributed by atoms with Crippen molar-refractivity contribution in [3.05, 3.63) is 18.0 Å². The molecular formula is C11H16N2O2. The molecule has 1 aromatic heterocycles. The molecular weight excluding hydrogens is 192 g/mol. The number of aromatic nitrogens is 2. The van der Waals surface area contributed by atoms with Gasteiger partial charge in [-0.25, -0.2) is 0 Å². The molecule has 0 amide bonds. The van der Waals surface area contributed by atoms with Crippen LogP contribution in [0.4, 0.5) is 0 Å². The second-order valence-corrected chi connectivity index (χ2v) is 4.14. The average Bonchev–Trinajstić information content (AvgIpc) is 2.86. The number of hydrogen-bond acceptors (Lipinski definition) is 3. The molecule has 1 heterocycles. The van der Waals surface area contributed by atoms with Crippen molar-refractivity contribution in [2.45, 2.75) is 31.3 Å². The van der Waals surface area contributed by atoms with E-state index in [4.69, 9.17) is 4.74 Å². The van der Waals surface area contributed by atoms with E-state index in [1.807, 2.05) is 7.05 Å². The standard InChI is InChI=1S/C11H16N2O2/c1-13-8-9(7-12-13)10(14)11(15-2)5-3-4-6-11/h7-8H,3-6H2,1-2H3. The van der Waals surface area contributed by atoms with Crippen LogP contribution < -0.4 is 0 Å². The lowest BCUT2D eigenvalue weighted by molar-refractivity contribution is 0.00602. The van der Waals surface area contributed by atoms with Gasteiger partial charge in [0.05, 0.1) is 11.8 Å². The zero-order chi connectivity index (χ0) is 10.9. The van der Waals surface area contributed by atoms with Gasteiger partial charge in [0.25, 0.3) is 0 Å². The van der Waals surface area contributed by atoms with Crippen molar-refractivity contribution < 1.29 is 9.53 Å². The fourth-order valence-electron chi connectivity index (χ4n) is 2.27. The molecule has 0 saturated heterocycles. The van der Waals surface area contributed by atoms with Gasteiger partial charge in [-0.3, -0.25) is 9.48 Å². The smallest absolute Gasteiger partial charge is 0.197 e. The number of rotatable bonds is 3. The van der Waals surface area contributed by atoms with Gasteiger partial charge in [0.2, 0.25) is 0 Å². The summed E-state index contributed by atoms with van der Waals surface area (Å²) >= 11 is 0. The van der Waals surface area contributed by atoms with Crippen LogP contribution in [0.1, 0.15) is 36.0 Å². The van der Waals surface area contributed by atoms with E-state index in [0.717, 1.165) is 25.7 Å². The molecule has 0 bridgehead atoms. The van der Waals surface area contributed by atoms with Gasteiger partial charge in [-0.2, -0.15) is 5.10 Å². The normalized spacial score (nSPS) is 19.3. The number of ketones is 1. The highest BCUT2D eigenvalue weighted by Crippen LogP contribution is 2.35. The van der Waals surface area contributed by atoms with E-state index in [1.54, 1.807) is 24.2 Å². The van der Waals surface area contributed by atoms with Crippen molar-refractivity contribution in [2.75, 3.05) is 7.11 Å². The molecule has 0 unspecified atom stereocenters. The summed E-state index contributed by atoms with van der Waals surface area (Å²) in [5, 5.41) is 4.01. The summed E-state index contributed by atoms with van der Waals surface area (Å²) in [6.07, 6.45) is 7.16. The van der Waals surface area contributed by atoms with Crippen molar-refractivity contribution in [1.82, 2.24) is 9.78 Å². The lowest BCUT2D eigenvalue weighted by Gasteiger charge is -2.24. The Morgan fingerprint density at radius 1 is 1.53 bits per heavy atom. The number of ether oxygens (including phenoxy) is 1. The Morgan fingerprint density at radius 3 is 2.67 bits per heavy atom. The number of carbonyl (C=O) groups is 1. The molecule has 0 N–H and O–H groups in total. The Kier molecular flexibility index (Phi) is 2.61. The first-order chi connectivity index (χ1) is 7.18. The molecule has 4 heteroatoms. The fraction of sp³-hybridized carbons (Fsp3) is 0.636. The number of hydrogen-bond donors (Lipinski definition) is 0. The first kappa shape index (κ1) is 10.4. The molecule has 1 saturated carbocycles. The summed E-state index contributed by atoms with van der Waals surface area (Å²) in [4.78, 5) is 12.2. The highest BCUT2D eigenvalue weighted by Gasteiger charge is 2.41. The maximum Gasteiger partial charge on any atom is 0.197 e. The van der Waals surface area contributed by atoms with E-state index in [0.29, 0.717) is 5.56 Å². The molecule has 1 aliphatic rings. The highest BCUT2D eigenvalue weighted by atomic mass is 16.5. The second kappa shape index (κ2) is 3.77. The molecule has 0 radical (unpaired) electrons. The zero-order valence-electron chi connectivity index (χ0n) is 9.19. The predicted molar refractivity (Wildman–Crippen MR) is 55.7 cm³/mol. The quantitative estimate of drug-likeness (QED) is 0.708. The molecule has 2 rings (SSSR count). The van der Waals surface area contributed by atoms with Gasteiger partial charge in [0.15, 0.2) is 5.78 Å². The van der Waals surface area contributed by atoms with Crippen molar-refractivity contribution in [3.8, 4) is 0 Å². The third-order valence-electron chi connectivity index (χ3n) is 3.18. The van der Waals surface area contributed by atoms with E-state index in [2.05, 4.69) is 5.10 Å². The Hall–Kier alpha value is -1.16. The lowest BCUT2D eigenvalue weighted by atomic mass is 9.92. The molecule has 0 spiro atoms. The third-order valence-corrected chi connectivity index (χ3v) is 3.18. The molecule has 4 nitrogen and oxygen atoms in total. The van der Waals surface area contributed by atoms with Gasteiger partial charge in [-0.05, 0) is 25.7 Å². The third kappa shape index (κ3) is 1.69. The maximum absolute atomic E-state index is 12.2. The van der Waals surface area contributed by atoms with Crippen molar-refractivity contribution in [3.63, 3.8) is 0 Å². The van der Waals surface area contributed by atoms with Crippen LogP contribution in [0, 0.1) is 0 Å². The first-order valence-electron chi connectivity index (χ1n) is 5.26. The topological polar surface area (TPSA) is 44.1 Å². The summed E-state index contributed by atoms with van der Waals surface area (Å²) in [5.74, 6) is 0.0793. The molecule has 1 aliphatic carbocycles. The van der Waals surface area contributed by atoms with Gasteiger partial charge < -0.3 is 4.74 Å². The Morgan fingerprint density at radius 2 is 2.20 bits per heavy atom. The van der Waals surface area contributed by atoms with E-state index < -0.39 is 5.60 Å². The highest BCUT2D eigenvalue weighted by molar-refractivity contribution is 6.02. The lowest BCUT2D eigenvalue weighted by Crippen LogP contribution is -2.37. The number of methoxy groups -OCH3 is 1. The molecule has 1 aromatic rings. The minimum absolute atomic E-state index is 0.0793. The average molecular weight is 208 g/mol. The number of Topliss-reactive ketones (excluding diaryl/α,β-unsaturated/α-hetero) is 1.